The lowest BCUT2D eigenvalue weighted by molar-refractivity contribution is 0.153. The van der Waals surface area contributed by atoms with Crippen LogP contribution in [0.2, 0.25) is 0 Å². The van der Waals surface area contributed by atoms with E-state index in [0.29, 0.717) is 0 Å². The lowest BCUT2D eigenvalue weighted by atomic mass is 9.69. The van der Waals surface area contributed by atoms with E-state index in [-0.39, 0.29) is 11.5 Å². The molecule has 1 aromatic heterocycles. The van der Waals surface area contributed by atoms with E-state index in [2.05, 4.69) is 23.7 Å². The van der Waals surface area contributed by atoms with Crippen LogP contribution in [0.4, 0.5) is 13.2 Å². The molecule has 0 unspecified atom stereocenters. The number of pyridine rings is 1. The second-order valence-corrected chi connectivity index (χ2v) is 8.76. The van der Waals surface area contributed by atoms with Crippen molar-refractivity contribution in [2.45, 2.75) is 84.0 Å². The van der Waals surface area contributed by atoms with Crippen molar-refractivity contribution >= 4 is 0 Å². The first-order chi connectivity index (χ1) is 13.6. The van der Waals surface area contributed by atoms with Crippen molar-refractivity contribution in [2.24, 2.45) is 23.7 Å². The highest BCUT2D eigenvalue weighted by Crippen LogP contribution is 2.42. The van der Waals surface area contributed by atoms with Gasteiger partial charge in [-0.25, -0.2) is 4.39 Å². The van der Waals surface area contributed by atoms with Gasteiger partial charge in [-0.1, -0.05) is 57.3 Å². The third-order valence-electron chi connectivity index (χ3n) is 6.84. The van der Waals surface area contributed by atoms with Crippen molar-refractivity contribution in [3.8, 4) is 11.8 Å². The van der Waals surface area contributed by atoms with Gasteiger partial charge in [-0.15, -0.1) is 0 Å². The van der Waals surface area contributed by atoms with Gasteiger partial charge in [0.2, 0.25) is 5.95 Å². The summed E-state index contributed by atoms with van der Waals surface area (Å²) in [6, 6.07) is 0.801. The first kappa shape index (κ1) is 21.2. The minimum absolute atomic E-state index is 0.151. The maximum absolute atomic E-state index is 13.6. The largest absolute Gasteiger partial charge is 0.251 e. The topological polar surface area (TPSA) is 12.9 Å². The zero-order chi connectivity index (χ0) is 19.9. The molecule has 0 saturated heterocycles. The fraction of sp³-hybridized carbons (Fsp3) is 0.708. The van der Waals surface area contributed by atoms with Gasteiger partial charge < -0.3 is 0 Å². The lowest BCUT2D eigenvalue weighted by Crippen LogP contribution is -2.25. The maximum Gasteiger partial charge on any atom is 0.251 e. The summed E-state index contributed by atoms with van der Waals surface area (Å²) in [5.41, 5.74) is -0.151. The van der Waals surface area contributed by atoms with Crippen LogP contribution >= 0.6 is 0 Å². The van der Waals surface area contributed by atoms with Gasteiger partial charge in [0.05, 0.1) is 5.56 Å². The summed E-state index contributed by atoms with van der Waals surface area (Å²) in [6.07, 6.45) is 15.4. The lowest BCUT2D eigenvalue weighted by Gasteiger charge is -2.37. The van der Waals surface area contributed by atoms with Gasteiger partial charge in [-0.2, -0.15) is 13.8 Å². The van der Waals surface area contributed by atoms with Crippen LogP contribution in [0, 0.1) is 53.2 Å². The summed E-state index contributed by atoms with van der Waals surface area (Å²) < 4.78 is 39.7. The normalized spacial score (nSPS) is 27.9. The Hall–Kier alpha value is -1.50. The smallest absolute Gasteiger partial charge is 0.202 e. The molecule has 2 saturated carbocycles. The summed E-state index contributed by atoms with van der Waals surface area (Å²) in [6.45, 7) is 2.27. The van der Waals surface area contributed by atoms with E-state index >= 15 is 0 Å². The van der Waals surface area contributed by atoms with E-state index < -0.39 is 17.7 Å². The molecule has 0 bridgehead atoms. The Kier molecular flexibility index (Phi) is 7.82. The highest BCUT2D eigenvalue weighted by molar-refractivity contribution is 5.33. The van der Waals surface area contributed by atoms with Gasteiger partial charge in [-0.3, -0.25) is 0 Å². The van der Waals surface area contributed by atoms with Crippen LogP contribution in [-0.4, -0.2) is 4.98 Å². The second-order valence-electron chi connectivity index (χ2n) is 8.76. The molecule has 1 heterocycles. The quantitative estimate of drug-likeness (QED) is 0.298. The van der Waals surface area contributed by atoms with Gasteiger partial charge in [0.1, 0.15) is 0 Å². The zero-order valence-corrected chi connectivity index (χ0v) is 17.0. The van der Waals surface area contributed by atoms with E-state index in [1.54, 1.807) is 0 Å². The van der Waals surface area contributed by atoms with Gasteiger partial charge in [0.25, 0.3) is 5.95 Å². The van der Waals surface area contributed by atoms with E-state index in [0.717, 1.165) is 36.7 Å². The zero-order valence-electron chi connectivity index (χ0n) is 17.0. The van der Waals surface area contributed by atoms with Crippen LogP contribution in [0.1, 0.15) is 89.5 Å². The Morgan fingerprint density at radius 3 is 2.18 bits per heavy atom. The van der Waals surface area contributed by atoms with Crippen molar-refractivity contribution in [3.05, 3.63) is 29.3 Å². The number of nitrogens with zero attached hydrogens (tertiary/aromatic N) is 1. The molecule has 0 amide bonds. The summed E-state index contributed by atoms with van der Waals surface area (Å²) in [4.78, 5) is 2.93. The first-order valence-corrected chi connectivity index (χ1v) is 11.1. The van der Waals surface area contributed by atoms with Crippen LogP contribution in [0.5, 0.6) is 0 Å². The summed E-state index contributed by atoms with van der Waals surface area (Å²) in [5.74, 6) is 4.98. The highest BCUT2D eigenvalue weighted by atomic mass is 19.2. The molecule has 28 heavy (non-hydrogen) atoms. The number of hydrogen-bond donors (Lipinski definition) is 0. The number of aromatic nitrogens is 1. The monoisotopic (exact) mass is 391 g/mol. The molecular formula is C24H32F3N. The van der Waals surface area contributed by atoms with Crippen LogP contribution < -0.4 is 0 Å². The Labute approximate surface area is 167 Å². The molecule has 0 aliphatic heterocycles. The molecule has 0 radical (unpaired) electrons. The molecule has 0 N–H and O–H groups in total. The number of hydrogen-bond acceptors (Lipinski definition) is 1. The molecule has 0 aromatic carbocycles. The molecule has 154 valence electrons. The number of unbranched alkanes of at least 4 members (excludes halogenated alkanes) is 2. The van der Waals surface area contributed by atoms with Gasteiger partial charge in [0.15, 0.2) is 5.82 Å². The van der Waals surface area contributed by atoms with Crippen LogP contribution in [0.3, 0.4) is 0 Å². The third-order valence-corrected chi connectivity index (χ3v) is 6.84. The van der Waals surface area contributed by atoms with Crippen LogP contribution in [-0.2, 0) is 0 Å². The first-order valence-electron chi connectivity index (χ1n) is 11.1. The molecule has 4 heteroatoms. The SMILES string of the molecule is CCCCC[C@H]1CC[C@H]([C@H]2CC[C@H](C#Cc3cc(F)c(F)nc3F)CC2)CC1. The average Bonchev–Trinajstić information content (AvgIpc) is 2.71. The molecule has 0 atom stereocenters. The molecule has 1 nitrogen and oxygen atoms in total. The van der Waals surface area contributed by atoms with Crippen molar-refractivity contribution < 1.29 is 13.2 Å². The highest BCUT2D eigenvalue weighted by Gasteiger charge is 2.30. The summed E-state index contributed by atoms with van der Waals surface area (Å²) >= 11 is 0. The van der Waals surface area contributed by atoms with Crippen molar-refractivity contribution in [1.82, 2.24) is 4.98 Å². The molecule has 3 rings (SSSR count). The van der Waals surface area contributed by atoms with E-state index in [1.165, 1.54) is 64.2 Å². The predicted molar refractivity (Wildman–Crippen MR) is 106 cm³/mol. The maximum atomic E-state index is 13.6. The third kappa shape index (κ3) is 5.75. The van der Waals surface area contributed by atoms with Crippen LogP contribution in [0.25, 0.3) is 0 Å². The van der Waals surface area contributed by atoms with E-state index in [9.17, 15) is 13.2 Å². The molecule has 2 aliphatic carbocycles. The summed E-state index contributed by atoms with van der Waals surface area (Å²) in [7, 11) is 0. The molecule has 1 aromatic rings. The fourth-order valence-corrected chi connectivity index (χ4v) is 5.08. The molecular weight excluding hydrogens is 359 g/mol. The molecule has 2 fully saturated rings. The Morgan fingerprint density at radius 1 is 0.893 bits per heavy atom. The Bertz CT molecular complexity index is 690. The summed E-state index contributed by atoms with van der Waals surface area (Å²) in [5, 5.41) is 0. The number of halogens is 3. The van der Waals surface area contributed by atoms with E-state index in [1.807, 2.05) is 0 Å². The van der Waals surface area contributed by atoms with Gasteiger partial charge >= 0.3 is 0 Å². The molecule has 2 aliphatic rings. The predicted octanol–water partition coefficient (Wildman–Crippen LogP) is 7.04. The average molecular weight is 392 g/mol. The van der Waals surface area contributed by atoms with Crippen LogP contribution in [0.15, 0.2) is 6.07 Å². The fourth-order valence-electron chi connectivity index (χ4n) is 5.08. The van der Waals surface area contributed by atoms with Crippen molar-refractivity contribution in [3.63, 3.8) is 0 Å². The Balaban J connectivity index is 1.44. The minimum atomic E-state index is -1.41. The van der Waals surface area contributed by atoms with Gasteiger partial charge in [-0.05, 0) is 62.3 Å². The standard InChI is InChI=1S/C24H32F3N/c1-2-3-4-5-17-6-11-19(12-7-17)20-13-8-18(9-14-20)10-15-21-16-22(25)24(27)28-23(21)26/h16-20H,2-9,11-14H2,1H3/t17-,18-,19-,20-. The number of rotatable bonds is 5. The van der Waals surface area contributed by atoms with Crippen molar-refractivity contribution in [1.29, 1.82) is 0 Å². The minimum Gasteiger partial charge on any atom is -0.202 e. The van der Waals surface area contributed by atoms with Crippen molar-refractivity contribution in [2.75, 3.05) is 0 Å². The van der Waals surface area contributed by atoms with E-state index in [4.69, 9.17) is 0 Å². The second kappa shape index (κ2) is 10.3. The molecule has 0 spiro atoms. The Morgan fingerprint density at radius 2 is 1.54 bits per heavy atom. The van der Waals surface area contributed by atoms with Gasteiger partial charge in [0, 0.05) is 5.92 Å².